The smallest absolute Gasteiger partial charge is 0.123 e. The Bertz CT molecular complexity index is 344. The number of hydrogen-bond donors (Lipinski definition) is 2. The van der Waals surface area contributed by atoms with Gasteiger partial charge in [-0.05, 0) is 37.1 Å². The Kier molecular flexibility index (Phi) is 5.06. The highest BCUT2D eigenvalue weighted by molar-refractivity contribution is 6.30. The molecule has 0 aromatic heterocycles. The highest BCUT2D eigenvalue weighted by Crippen LogP contribution is 2.31. The topological polar surface area (TPSA) is 61.3 Å². The van der Waals surface area contributed by atoms with Gasteiger partial charge in [0.05, 0.1) is 7.11 Å². The van der Waals surface area contributed by atoms with Gasteiger partial charge in [-0.2, -0.15) is 0 Å². The zero-order chi connectivity index (χ0) is 12.1. The van der Waals surface area contributed by atoms with Crippen molar-refractivity contribution in [3.63, 3.8) is 0 Å². The van der Waals surface area contributed by atoms with Gasteiger partial charge < -0.3 is 16.2 Å². The number of methoxy groups -OCH3 is 1. The number of nitrogens with two attached hydrogens (primary N) is 2. The molecule has 0 saturated heterocycles. The highest BCUT2D eigenvalue weighted by atomic mass is 35.5. The lowest BCUT2D eigenvalue weighted by molar-refractivity contribution is 0.385. The molecule has 0 spiro atoms. The third-order valence-corrected chi connectivity index (χ3v) is 3.02. The van der Waals surface area contributed by atoms with E-state index in [1.54, 1.807) is 13.2 Å². The Balaban J connectivity index is 2.96. The summed E-state index contributed by atoms with van der Waals surface area (Å²) in [7, 11) is 1.63. The Morgan fingerprint density at radius 1 is 1.44 bits per heavy atom. The van der Waals surface area contributed by atoms with Gasteiger partial charge in [0.2, 0.25) is 0 Å². The molecule has 0 aliphatic heterocycles. The van der Waals surface area contributed by atoms with Crippen molar-refractivity contribution < 1.29 is 4.74 Å². The van der Waals surface area contributed by atoms with Crippen molar-refractivity contribution in [1.82, 2.24) is 0 Å². The molecule has 0 radical (unpaired) electrons. The largest absolute Gasteiger partial charge is 0.496 e. The van der Waals surface area contributed by atoms with Crippen LogP contribution in [0.2, 0.25) is 5.02 Å². The minimum absolute atomic E-state index is 0.0998. The molecule has 0 fully saturated rings. The van der Waals surface area contributed by atoms with Crippen LogP contribution in [0.1, 0.15) is 24.9 Å². The first-order valence-electron chi connectivity index (χ1n) is 5.39. The molecule has 0 aliphatic rings. The minimum Gasteiger partial charge on any atom is -0.496 e. The zero-order valence-electron chi connectivity index (χ0n) is 9.74. The predicted octanol–water partition coefficient (Wildman–Crippen LogP) is 2.33. The van der Waals surface area contributed by atoms with Crippen molar-refractivity contribution >= 4 is 11.6 Å². The van der Waals surface area contributed by atoms with Crippen LogP contribution < -0.4 is 16.2 Å². The maximum atomic E-state index is 6.18. The van der Waals surface area contributed by atoms with E-state index in [2.05, 4.69) is 6.92 Å². The highest BCUT2D eigenvalue weighted by Gasteiger charge is 2.18. The van der Waals surface area contributed by atoms with Gasteiger partial charge in [0, 0.05) is 16.6 Å². The Labute approximate surface area is 102 Å². The fraction of sp³-hybridized carbons (Fsp3) is 0.500. The van der Waals surface area contributed by atoms with Crippen LogP contribution in [-0.2, 0) is 0 Å². The SMILES string of the molecule is COc1ccc(Cl)cc1C(N)C(C)CCN. The average molecular weight is 243 g/mol. The van der Waals surface area contributed by atoms with E-state index in [0.29, 0.717) is 17.5 Å². The Morgan fingerprint density at radius 3 is 2.69 bits per heavy atom. The normalized spacial score (nSPS) is 14.6. The molecule has 2 unspecified atom stereocenters. The quantitative estimate of drug-likeness (QED) is 0.833. The maximum absolute atomic E-state index is 6.18. The number of rotatable bonds is 5. The van der Waals surface area contributed by atoms with Crippen molar-refractivity contribution in [3.05, 3.63) is 28.8 Å². The van der Waals surface area contributed by atoms with Gasteiger partial charge in [0.25, 0.3) is 0 Å². The van der Waals surface area contributed by atoms with Crippen LogP contribution in [0.3, 0.4) is 0 Å². The lowest BCUT2D eigenvalue weighted by atomic mass is 9.92. The summed E-state index contributed by atoms with van der Waals surface area (Å²) < 4.78 is 5.28. The van der Waals surface area contributed by atoms with Gasteiger partial charge in [-0.1, -0.05) is 18.5 Å². The molecule has 0 saturated carbocycles. The summed E-state index contributed by atoms with van der Waals surface area (Å²) in [6.45, 7) is 2.72. The summed E-state index contributed by atoms with van der Waals surface area (Å²) in [5, 5.41) is 0.672. The first kappa shape index (κ1) is 13.3. The second-order valence-corrected chi connectivity index (χ2v) is 4.40. The van der Waals surface area contributed by atoms with Crippen molar-refractivity contribution in [2.24, 2.45) is 17.4 Å². The molecule has 90 valence electrons. The molecule has 1 aromatic rings. The van der Waals surface area contributed by atoms with E-state index >= 15 is 0 Å². The molecule has 1 rings (SSSR count). The van der Waals surface area contributed by atoms with Gasteiger partial charge in [0.15, 0.2) is 0 Å². The van der Waals surface area contributed by atoms with Crippen LogP contribution >= 0.6 is 11.6 Å². The third kappa shape index (κ3) is 3.11. The fourth-order valence-corrected chi connectivity index (χ4v) is 1.90. The molecule has 16 heavy (non-hydrogen) atoms. The van der Waals surface area contributed by atoms with Crippen LogP contribution in [0.15, 0.2) is 18.2 Å². The molecule has 4 N–H and O–H groups in total. The van der Waals surface area contributed by atoms with Gasteiger partial charge in [-0.25, -0.2) is 0 Å². The first-order valence-corrected chi connectivity index (χ1v) is 5.77. The van der Waals surface area contributed by atoms with E-state index in [1.807, 2.05) is 12.1 Å². The van der Waals surface area contributed by atoms with Crippen molar-refractivity contribution in [2.75, 3.05) is 13.7 Å². The van der Waals surface area contributed by atoms with E-state index in [4.69, 9.17) is 27.8 Å². The van der Waals surface area contributed by atoms with Gasteiger partial charge >= 0.3 is 0 Å². The van der Waals surface area contributed by atoms with E-state index < -0.39 is 0 Å². The summed E-state index contributed by atoms with van der Waals surface area (Å²) >= 11 is 5.96. The van der Waals surface area contributed by atoms with Gasteiger partial charge in [-0.15, -0.1) is 0 Å². The molecule has 3 nitrogen and oxygen atoms in total. The van der Waals surface area contributed by atoms with Crippen LogP contribution in [-0.4, -0.2) is 13.7 Å². The predicted molar refractivity (Wildman–Crippen MR) is 67.8 cm³/mol. The van der Waals surface area contributed by atoms with Crippen molar-refractivity contribution in [3.8, 4) is 5.75 Å². The molecule has 1 aromatic carbocycles. The summed E-state index contributed by atoms with van der Waals surface area (Å²) in [5.41, 5.74) is 12.6. The van der Waals surface area contributed by atoms with E-state index in [0.717, 1.165) is 17.7 Å². The fourth-order valence-electron chi connectivity index (χ4n) is 1.71. The summed E-state index contributed by atoms with van der Waals surface area (Å²) in [6.07, 6.45) is 0.886. The third-order valence-electron chi connectivity index (χ3n) is 2.79. The molecule has 0 heterocycles. The first-order chi connectivity index (χ1) is 7.60. The summed E-state index contributed by atoms with van der Waals surface area (Å²) in [6, 6.07) is 5.40. The van der Waals surface area contributed by atoms with Crippen LogP contribution in [0.25, 0.3) is 0 Å². The lowest BCUT2D eigenvalue weighted by Gasteiger charge is -2.21. The summed E-state index contributed by atoms with van der Waals surface area (Å²) in [5.74, 6) is 1.08. The molecular formula is C12H19ClN2O. The zero-order valence-corrected chi connectivity index (χ0v) is 10.5. The number of hydrogen-bond acceptors (Lipinski definition) is 3. The molecule has 0 amide bonds. The number of halogens is 1. The minimum atomic E-state index is -0.0998. The van der Waals surface area contributed by atoms with Crippen LogP contribution in [0.5, 0.6) is 5.75 Å². The lowest BCUT2D eigenvalue weighted by Crippen LogP contribution is -2.22. The summed E-state index contributed by atoms with van der Waals surface area (Å²) in [4.78, 5) is 0. The Hall–Kier alpha value is -0.770. The number of ether oxygens (including phenoxy) is 1. The monoisotopic (exact) mass is 242 g/mol. The molecule has 4 heteroatoms. The maximum Gasteiger partial charge on any atom is 0.123 e. The van der Waals surface area contributed by atoms with Crippen LogP contribution in [0, 0.1) is 5.92 Å². The molecule has 0 bridgehead atoms. The standard InChI is InChI=1S/C12H19ClN2O/c1-8(5-6-14)12(15)10-7-9(13)3-4-11(10)16-2/h3-4,7-8,12H,5-6,14-15H2,1-2H3. The van der Waals surface area contributed by atoms with E-state index in [-0.39, 0.29) is 6.04 Å². The molecule has 2 atom stereocenters. The van der Waals surface area contributed by atoms with Crippen molar-refractivity contribution in [1.29, 1.82) is 0 Å². The van der Waals surface area contributed by atoms with E-state index in [9.17, 15) is 0 Å². The second-order valence-electron chi connectivity index (χ2n) is 3.97. The van der Waals surface area contributed by atoms with E-state index in [1.165, 1.54) is 0 Å². The molecular weight excluding hydrogens is 224 g/mol. The van der Waals surface area contributed by atoms with Gasteiger partial charge in [-0.3, -0.25) is 0 Å². The van der Waals surface area contributed by atoms with Crippen LogP contribution in [0.4, 0.5) is 0 Å². The Morgan fingerprint density at radius 2 is 2.12 bits per heavy atom. The molecule has 0 aliphatic carbocycles. The van der Waals surface area contributed by atoms with Gasteiger partial charge in [0.1, 0.15) is 5.75 Å². The second kappa shape index (κ2) is 6.09. The average Bonchev–Trinajstić information content (AvgIpc) is 2.28. The number of benzene rings is 1. The van der Waals surface area contributed by atoms with Crippen molar-refractivity contribution in [2.45, 2.75) is 19.4 Å².